The summed E-state index contributed by atoms with van der Waals surface area (Å²) in [5.41, 5.74) is -0.673. The number of halogens is 1. The highest BCUT2D eigenvalue weighted by Crippen LogP contribution is 2.20. The molecule has 0 aliphatic carbocycles. The van der Waals surface area contributed by atoms with Gasteiger partial charge in [-0.15, -0.1) is 11.8 Å². The molecule has 94 valence electrons. The molecule has 0 amide bonds. The molecule has 5 heteroatoms. The SMILES string of the molecule is CSc1ccc(OC(=O)OC(Cl)C(C)C)cc1. The van der Waals surface area contributed by atoms with Crippen LogP contribution in [0.25, 0.3) is 0 Å². The fourth-order valence-electron chi connectivity index (χ4n) is 0.992. The van der Waals surface area contributed by atoms with Crippen LogP contribution in [0.1, 0.15) is 13.8 Å². The van der Waals surface area contributed by atoms with Crippen molar-refractivity contribution in [2.45, 2.75) is 24.3 Å². The molecular weight excluding hydrogens is 260 g/mol. The molecule has 1 atom stereocenters. The zero-order chi connectivity index (χ0) is 12.8. The predicted molar refractivity (Wildman–Crippen MR) is 69.8 cm³/mol. The number of hydrogen-bond donors (Lipinski definition) is 0. The summed E-state index contributed by atoms with van der Waals surface area (Å²) in [4.78, 5) is 12.4. The van der Waals surface area contributed by atoms with Gasteiger partial charge in [0.1, 0.15) is 5.75 Å². The second kappa shape index (κ2) is 6.77. The van der Waals surface area contributed by atoms with Gasteiger partial charge in [-0.2, -0.15) is 0 Å². The summed E-state index contributed by atoms with van der Waals surface area (Å²) in [6.07, 6.45) is 1.20. The van der Waals surface area contributed by atoms with Crippen LogP contribution in [-0.2, 0) is 4.74 Å². The molecule has 1 aromatic carbocycles. The summed E-state index contributed by atoms with van der Waals surface area (Å²) in [5, 5.41) is 0. The number of benzene rings is 1. The molecule has 0 bridgehead atoms. The van der Waals surface area contributed by atoms with Crippen LogP contribution in [0.4, 0.5) is 4.79 Å². The Morgan fingerprint density at radius 1 is 1.29 bits per heavy atom. The van der Waals surface area contributed by atoms with E-state index >= 15 is 0 Å². The van der Waals surface area contributed by atoms with Gasteiger partial charge in [-0.3, -0.25) is 0 Å². The van der Waals surface area contributed by atoms with E-state index in [0.717, 1.165) is 4.90 Å². The third-order valence-electron chi connectivity index (χ3n) is 1.99. The Labute approximate surface area is 110 Å². The normalized spacial score (nSPS) is 12.3. The van der Waals surface area contributed by atoms with Crippen molar-refractivity contribution in [1.82, 2.24) is 0 Å². The van der Waals surface area contributed by atoms with E-state index in [2.05, 4.69) is 0 Å². The van der Waals surface area contributed by atoms with Crippen molar-refractivity contribution in [2.75, 3.05) is 6.26 Å². The molecule has 0 heterocycles. The average molecular weight is 275 g/mol. The fraction of sp³-hybridized carbons (Fsp3) is 0.417. The minimum atomic E-state index is -0.782. The van der Waals surface area contributed by atoms with Crippen LogP contribution < -0.4 is 4.74 Å². The lowest BCUT2D eigenvalue weighted by molar-refractivity contribution is 0.0725. The van der Waals surface area contributed by atoms with E-state index in [1.807, 2.05) is 32.2 Å². The Morgan fingerprint density at radius 3 is 2.35 bits per heavy atom. The summed E-state index contributed by atoms with van der Waals surface area (Å²) in [5.74, 6) is 0.489. The van der Waals surface area contributed by atoms with Crippen LogP contribution in [0, 0.1) is 5.92 Å². The molecule has 0 spiro atoms. The van der Waals surface area contributed by atoms with Crippen molar-refractivity contribution in [1.29, 1.82) is 0 Å². The number of hydrogen-bond acceptors (Lipinski definition) is 4. The zero-order valence-corrected chi connectivity index (χ0v) is 11.5. The second-order valence-electron chi connectivity index (χ2n) is 3.74. The Hall–Kier alpha value is -0.870. The molecule has 0 saturated heterocycles. The highest BCUT2D eigenvalue weighted by atomic mass is 35.5. The van der Waals surface area contributed by atoms with E-state index in [1.165, 1.54) is 0 Å². The van der Waals surface area contributed by atoms with Gasteiger partial charge in [0.25, 0.3) is 0 Å². The molecule has 1 unspecified atom stereocenters. The molecule has 1 aromatic rings. The summed E-state index contributed by atoms with van der Waals surface area (Å²) >= 11 is 7.42. The van der Waals surface area contributed by atoms with Gasteiger partial charge in [0.2, 0.25) is 0 Å². The first-order valence-corrected chi connectivity index (χ1v) is 6.85. The summed E-state index contributed by atoms with van der Waals surface area (Å²) < 4.78 is 9.85. The molecule has 3 nitrogen and oxygen atoms in total. The summed E-state index contributed by atoms with van der Waals surface area (Å²) in [6, 6.07) is 7.17. The van der Waals surface area contributed by atoms with Gasteiger partial charge in [0.15, 0.2) is 5.56 Å². The number of thioether (sulfide) groups is 1. The molecule has 0 radical (unpaired) electrons. The molecule has 0 fully saturated rings. The maximum Gasteiger partial charge on any atom is 0.515 e. The molecule has 1 rings (SSSR count). The van der Waals surface area contributed by atoms with Gasteiger partial charge in [-0.1, -0.05) is 25.4 Å². The maximum atomic E-state index is 11.3. The van der Waals surface area contributed by atoms with Crippen LogP contribution >= 0.6 is 23.4 Å². The van der Waals surface area contributed by atoms with Crippen molar-refractivity contribution in [3.8, 4) is 5.75 Å². The van der Waals surface area contributed by atoms with Crippen LogP contribution in [0.5, 0.6) is 5.75 Å². The van der Waals surface area contributed by atoms with E-state index in [-0.39, 0.29) is 5.92 Å². The highest BCUT2D eigenvalue weighted by Gasteiger charge is 2.16. The van der Waals surface area contributed by atoms with Gasteiger partial charge in [-0.05, 0) is 30.5 Å². The first-order chi connectivity index (χ1) is 8.02. The van der Waals surface area contributed by atoms with Crippen molar-refractivity contribution in [2.24, 2.45) is 5.92 Å². The molecule has 0 saturated carbocycles. The second-order valence-corrected chi connectivity index (χ2v) is 5.05. The fourth-order valence-corrected chi connectivity index (χ4v) is 1.47. The number of carbonyl (C=O) groups excluding carboxylic acids is 1. The molecule has 17 heavy (non-hydrogen) atoms. The van der Waals surface area contributed by atoms with Crippen molar-refractivity contribution in [3.05, 3.63) is 24.3 Å². The lowest BCUT2D eigenvalue weighted by Gasteiger charge is -2.13. The lowest BCUT2D eigenvalue weighted by Crippen LogP contribution is -2.20. The monoisotopic (exact) mass is 274 g/mol. The Kier molecular flexibility index (Phi) is 5.65. The number of alkyl halides is 1. The zero-order valence-electron chi connectivity index (χ0n) is 9.98. The molecule has 0 aliphatic heterocycles. The quantitative estimate of drug-likeness (QED) is 0.358. The van der Waals surface area contributed by atoms with Crippen LogP contribution in [0.3, 0.4) is 0 Å². The minimum absolute atomic E-state index is 0.0445. The molecule has 0 N–H and O–H groups in total. The maximum absolute atomic E-state index is 11.3. The van der Waals surface area contributed by atoms with E-state index in [0.29, 0.717) is 5.75 Å². The number of rotatable bonds is 4. The van der Waals surface area contributed by atoms with E-state index in [4.69, 9.17) is 21.1 Å². The smallest absolute Gasteiger partial charge is 0.414 e. The number of ether oxygens (including phenoxy) is 2. The minimum Gasteiger partial charge on any atom is -0.414 e. The summed E-state index contributed by atoms with van der Waals surface area (Å²) in [6.45, 7) is 3.72. The number of carbonyl (C=O) groups is 1. The highest BCUT2D eigenvalue weighted by molar-refractivity contribution is 7.98. The van der Waals surface area contributed by atoms with Crippen molar-refractivity contribution >= 4 is 29.5 Å². The van der Waals surface area contributed by atoms with Crippen molar-refractivity contribution in [3.63, 3.8) is 0 Å². The summed E-state index contributed by atoms with van der Waals surface area (Å²) in [7, 11) is 0. The average Bonchev–Trinajstić information content (AvgIpc) is 2.29. The first kappa shape index (κ1) is 14.2. The van der Waals surface area contributed by atoms with Crippen molar-refractivity contribution < 1.29 is 14.3 Å². The molecular formula is C12H15ClO3S. The first-order valence-electron chi connectivity index (χ1n) is 5.19. The van der Waals surface area contributed by atoms with Gasteiger partial charge in [0.05, 0.1) is 0 Å². The Bertz CT molecular complexity index is 365. The third kappa shape index (κ3) is 4.88. The standard InChI is InChI=1S/C12H15ClO3S/c1-8(2)11(13)16-12(14)15-9-4-6-10(17-3)7-5-9/h4-8,11H,1-3H3. The predicted octanol–water partition coefficient (Wildman–Crippen LogP) is 4.14. The van der Waals surface area contributed by atoms with E-state index in [1.54, 1.807) is 23.9 Å². The Balaban J connectivity index is 2.50. The van der Waals surface area contributed by atoms with E-state index < -0.39 is 11.7 Å². The van der Waals surface area contributed by atoms with Crippen LogP contribution in [0.2, 0.25) is 0 Å². The van der Waals surface area contributed by atoms with E-state index in [9.17, 15) is 4.79 Å². The molecule has 0 aromatic heterocycles. The topological polar surface area (TPSA) is 35.5 Å². The van der Waals surface area contributed by atoms with Gasteiger partial charge in [-0.25, -0.2) is 4.79 Å². The largest absolute Gasteiger partial charge is 0.515 e. The lowest BCUT2D eigenvalue weighted by atomic mass is 10.2. The van der Waals surface area contributed by atoms with Gasteiger partial charge < -0.3 is 9.47 Å². The van der Waals surface area contributed by atoms with Gasteiger partial charge in [0, 0.05) is 10.8 Å². The third-order valence-corrected chi connectivity index (χ3v) is 3.33. The molecule has 0 aliphatic rings. The van der Waals surface area contributed by atoms with Crippen LogP contribution in [-0.4, -0.2) is 18.0 Å². The van der Waals surface area contributed by atoms with Crippen LogP contribution in [0.15, 0.2) is 29.2 Å². The Morgan fingerprint density at radius 2 is 1.88 bits per heavy atom. The van der Waals surface area contributed by atoms with Gasteiger partial charge >= 0.3 is 6.16 Å².